The fourth-order valence-corrected chi connectivity index (χ4v) is 3.67. The van der Waals surface area contributed by atoms with Gasteiger partial charge in [-0.25, -0.2) is 13.9 Å². The predicted octanol–water partition coefficient (Wildman–Crippen LogP) is 4.57. The fourth-order valence-electron chi connectivity index (χ4n) is 3.67. The maximum Gasteiger partial charge on any atom is 0.410 e. The average Bonchev–Trinajstić information content (AvgIpc) is 3.34. The topological polar surface area (TPSA) is 108 Å². The van der Waals surface area contributed by atoms with Crippen LogP contribution in [0.15, 0.2) is 48.7 Å². The van der Waals surface area contributed by atoms with Crippen LogP contribution in [0.2, 0.25) is 0 Å². The summed E-state index contributed by atoms with van der Waals surface area (Å²) in [6.07, 6.45) is 0.142. The lowest BCUT2D eigenvalue weighted by atomic mass is 10.1. The number of ether oxygens (including phenoxy) is 3. The van der Waals surface area contributed by atoms with E-state index in [4.69, 9.17) is 9.47 Å². The number of alkyl halides is 2. The van der Waals surface area contributed by atoms with Gasteiger partial charge in [0.15, 0.2) is 5.69 Å². The Kier molecular flexibility index (Phi) is 7.86. The van der Waals surface area contributed by atoms with Crippen LogP contribution in [0.5, 0.6) is 5.75 Å². The molecule has 1 fully saturated rings. The average molecular weight is 534 g/mol. The highest BCUT2D eigenvalue weighted by molar-refractivity contribution is 6.02. The van der Waals surface area contributed by atoms with E-state index in [2.05, 4.69) is 20.4 Å². The molecule has 1 aliphatic rings. The van der Waals surface area contributed by atoms with Gasteiger partial charge in [0.2, 0.25) is 0 Å². The molecule has 1 N–H and O–H groups in total. The van der Waals surface area contributed by atoms with E-state index in [1.165, 1.54) is 52.2 Å². The summed E-state index contributed by atoms with van der Waals surface area (Å²) in [4.78, 5) is 26.5. The second kappa shape index (κ2) is 11.1. The number of aromatic nitrogens is 3. The van der Waals surface area contributed by atoms with Crippen molar-refractivity contribution < 1.29 is 37.0 Å². The van der Waals surface area contributed by atoms with E-state index in [-0.39, 0.29) is 35.8 Å². The number of anilines is 1. The summed E-state index contributed by atoms with van der Waals surface area (Å²) in [6, 6.07) is 9.74. The summed E-state index contributed by atoms with van der Waals surface area (Å²) < 4.78 is 56.2. The molecule has 2 amide bonds. The lowest BCUT2D eigenvalue weighted by Gasteiger charge is -2.34. The van der Waals surface area contributed by atoms with Crippen LogP contribution < -0.4 is 10.1 Å². The Bertz CT molecular complexity index is 1290. The molecule has 1 saturated heterocycles. The minimum Gasteiger partial charge on any atom is -0.444 e. The monoisotopic (exact) mass is 533 g/mol. The lowest BCUT2D eigenvalue weighted by molar-refractivity contribution is -0.0498. The highest BCUT2D eigenvalue weighted by Crippen LogP contribution is 2.28. The summed E-state index contributed by atoms with van der Waals surface area (Å²) in [7, 11) is 0. The van der Waals surface area contributed by atoms with Crippen molar-refractivity contribution in [2.24, 2.45) is 0 Å². The van der Waals surface area contributed by atoms with E-state index in [1.54, 1.807) is 20.8 Å². The van der Waals surface area contributed by atoms with Gasteiger partial charge in [-0.2, -0.15) is 8.78 Å². The number of morpholine rings is 1. The zero-order valence-corrected chi connectivity index (χ0v) is 20.9. The Hall–Kier alpha value is -4.13. The molecule has 0 aliphatic carbocycles. The molecular weight excluding hydrogens is 507 g/mol. The minimum absolute atomic E-state index is 0.0246. The minimum atomic E-state index is -2.94. The molecular formula is C25H26F3N5O5. The second-order valence-electron chi connectivity index (χ2n) is 9.40. The van der Waals surface area contributed by atoms with Crippen molar-refractivity contribution >= 4 is 17.7 Å². The van der Waals surface area contributed by atoms with Crippen LogP contribution in [0.4, 0.5) is 23.7 Å². The molecule has 3 aromatic rings. The van der Waals surface area contributed by atoms with Crippen LogP contribution in [-0.4, -0.2) is 63.8 Å². The van der Waals surface area contributed by atoms with Crippen molar-refractivity contribution in [1.29, 1.82) is 0 Å². The number of nitrogens with one attached hydrogen (secondary N) is 1. The van der Waals surface area contributed by atoms with Crippen molar-refractivity contribution in [3.05, 3.63) is 65.7 Å². The van der Waals surface area contributed by atoms with Crippen LogP contribution in [0.3, 0.4) is 0 Å². The number of amides is 2. The van der Waals surface area contributed by atoms with Crippen molar-refractivity contribution in [2.45, 2.75) is 39.1 Å². The number of rotatable bonds is 6. The van der Waals surface area contributed by atoms with E-state index >= 15 is 0 Å². The molecule has 10 nitrogen and oxygen atoms in total. The number of hydrogen-bond donors (Lipinski definition) is 1. The zero-order chi connectivity index (χ0) is 27.4. The van der Waals surface area contributed by atoms with E-state index in [0.717, 1.165) is 6.07 Å². The zero-order valence-electron chi connectivity index (χ0n) is 20.9. The van der Waals surface area contributed by atoms with Gasteiger partial charge < -0.3 is 24.4 Å². The number of halogens is 3. The largest absolute Gasteiger partial charge is 0.444 e. The highest BCUT2D eigenvalue weighted by atomic mass is 19.3. The second-order valence-corrected chi connectivity index (χ2v) is 9.40. The van der Waals surface area contributed by atoms with Gasteiger partial charge in [0.1, 0.15) is 23.3 Å². The van der Waals surface area contributed by atoms with E-state index in [9.17, 15) is 22.8 Å². The lowest BCUT2D eigenvalue weighted by Crippen LogP contribution is -2.44. The summed E-state index contributed by atoms with van der Waals surface area (Å²) in [6.45, 7) is 3.03. The van der Waals surface area contributed by atoms with Crippen LogP contribution in [-0.2, 0) is 9.47 Å². The quantitative estimate of drug-likeness (QED) is 0.495. The van der Waals surface area contributed by atoms with Gasteiger partial charge in [-0.1, -0.05) is 11.3 Å². The molecule has 0 spiro atoms. The third-order valence-corrected chi connectivity index (χ3v) is 5.38. The molecule has 1 aromatic heterocycles. The van der Waals surface area contributed by atoms with Gasteiger partial charge in [-0.05, 0) is 57.2 Å². The third kappa shape index (κ3) is 6.79. The van der Waals surface area contributed by atoms with E-state index in [1.807, 2.05) is 0 Å². The maximum atomic E-state index is 15.0. The Balaban J connectivity index is 1.39. The van der Waals surface area contributed by atoms with Gasteiger partial charge in [0, 0.05) is 17.8 Å². The first-order valence-electron chi connectivity index (χ1n) is 11.7. The number of benzene rings is 2. The van der Waals surface area contributed by atoms with Crippen LogP contribution in [0.25, 0.3) is 5.69 Å². The molecule has 0 bridgehead atoms. The van der Waals surface area contributed by atoms with Crippen LogP contribution >= 0.6 is 0 Å². The molecule has 0 radical (unpaired) electrons. The van der Waals surface area contributed by atoms with Gasteiger partial charge in [-0.15, -0.1) is 5.10 Å². The summed E-state index contributed by atoms with van der Waals surface area (Å²) >= 11 is 0. The summed E-state index contributed by atoms with van der Waals surface area (Å²) in [5.41, 5.74) is 0.172. The predicted molar refractivity (Wildman–Crippen MR) is 129 cm³/mol. The molecule has 202 valence electrons. The Morgan fingerprint density at radius 1 is 1.16 bits per heavy atom. The third-order valence-electron chi connectivity index (χ3n) is 5.38. The number of carbonyl (C=O) groups excluding carboxylic acids is 2. The highest BCUT2D eigenvalue weighted by Gasteiger charge is 2.30. The number of carbonyl (C=O) groups is 2. The first kappa shape index (κ1) is 26.9. The normalized spacial score (nSPS) is 15.9. The molecule has 1 atom stereocenters. The first-order valence-corrected chi connectivity index (χ1v) is 11.7. The van der Waals surface area contributed by atoms with Crippen LogP contribution in [0, 0.1) is 5.82 Å². The van der Waals surface area contributed by atoms with Gasteiger partial charge in [-0.3, -0.25) is 4.79 Å². The molecule has 38 heavy (non-hydrogen) atoms. The smallest absolute Gasteiger partial charge is 0.410 e. The van der Waals surface area contributed by atoms with Crippen molar-refractivity contribution in [1.82, 2.24) is 19.9 Å². The van der Waals surface area contributed by atoms with Crippen molar-refractivity contribution in [3.8, 4) is 11.4 Å². The number of hydrogen-bond acceptors (Lipinski definition) is 7. The van der Waals surface area contributed by atoms with Gasteiger partial charge in [0.25, 0.3) is 5.91 Å². The molecule has 0 unspecified atom stereocenters. The Labute approximate surface area is 216 Å². The van der Waals surface area contributed by atoms with Gasteiger partial charge >= 0.3 is 12.7 Å². The van der Waals surface area contributed by atoms with Gasteiger partial charge in [0.05, 0.1) is 25.0 Å². The summed E-state index contributed by atoms with van der Waals surface area (Å²) in [5, 5.41) is 10.2. The van der Waals surface area contributed by atoms with E-state index < -0.39 is 36.1 Å². The molecule has 0 saturated carbocycles. The number of nitrogens with zero attached hydrogens (tertiary/aromatic N) is 4. The molecule has 13 heteroatoms. The molecule has 2 heterocycles. The van der Waals surface area contributed by atoms with E-state index in [0.29, 0.717) is 12.2 Å². The Morgan fingerprint density at radius 2 is 1.89 bits per heavy atom. The first-order chi connectivity index (χ1) is 18.0. The SMILES string of the molecule is CC(C)(C)OC(=O)N1CCO[C@@H](c2ccc(NC(=O)c3cn(-c4ccc(OC(F)F)cc4)nn3)cc2F)C1. The maximum absolute atomic E-state index is 15.0. The van der Waals surface area contributed by atoms with Crippen LogP contribution in [0.1, 0.15) is 42.9 Å². The molecule has 4 rings (SSSR count). The fraction of sp³-hybridized carbons (Fsp3) is 0.360. The Morgan fingerprint density at radius 3 is 2.55 bits per heavy atom. The van der Waals surface area contributed by atoms with Crippen molar-refractivity contribution in [2.75, 3.05) is 25.0 Å². The van der Waals surface area contributed by atoms with Crippen molar-refractivity contribution in [3.63, 3.8) is 0 Å². The summed E-state index contributed by atoms with van der Waals surface area (Å²) in [5.74, 6) is -1.27. The molecule has 1 aliphatic heterocycles. The standard InChI is InChI=1S/C25H26F3N5O5/c1-25(2,3)38-24(35)32-10-11-36-21(14-32)18-9-4-15(12-19(18)26)29-22(34)20-13-33(31-30-20)16-5-7-17(8-6-16)37-23(27)28/h4-9,12-13,21,23H,10-11,14H2,1-3H3,(H,29,34)/t21-/m1/s1. The molecule has 2 aromatic carbocycles.